The van der Waals surface area contributed by atoms with Gasteiger partial charge in [0.1, 0.15) is 23.3 Å². The summed E-state index contributed by atoms with van der Waals surface area (Å²) in [6.45, 7) is 1.05. The Morgan fingerprint density at radius 3 is 2.38 bits per heavy atom. The van der Waals surface area contributed by atoms with Crippen LogP contribution in [0.1, 0.15) is 35.7 Å². The number of hydrogen-bond acceptors (Lipinski definition) is 6. The van der Waals surface area contributed by atoms with E-state index in [4.69, 9.17) is 5.73 Å². The van der Waals surface area contributed by atoms with Crippen molar-refractivity contribution in [3.05, 3.63) is 47.8 Å². The predicted molar refractivity (Wildman–Crippen MR) is 102 cm³/mol. The second kappa shape index (κ2) is 8.04. The fourth-order valence-electron chi connectivity index (χ4n) is 3.75. The molecule has 3 aromatic heterocycles. The molecular weight excluding hydrogens is 440 g/mol. The van der Waals surface area contributed by atoms with Gasteiger partial charge >= 0.3 is 12.4 Å². The number of anilines is 1. The molecule has 4 rings (SSSR count). The number of nitrogen functional groups attached to an aromatic ring is 1. The first-order valence-electron chi connectivity index (χ1n) is 9.58. The van der Waals surface area contributed by atoms with Gasteiger partial charge in [0, 0.05) is 18.3 Å². The van der Waals surface area contributed by atoms with Gasteiger partial charge in [-0.1, -0.05) is 0 Å². The summed E-state index contributed by atoms with van der Waals surface area (Å²) < 4.78 is 83.2. The van der Waals surface area contributed by atoms with Crippen LogP contribution in [0.2, 0.25) is 0 Å². The first kappa shape index (κ1) is 22.0. The molecular formula is C19H17F6N7. The third-order valence-electron chi connectivity index (χ3n) is 5.12. The lowest BCUT2D eigenvalue weighted by Crippen LogP contribution is -2.29. The molecule has 0 aromatic carbocycles. The van der Waals surface area contributed by atoms with E-state index in [1.807, 2.05) is 0 Å². The normalized spacial score (nSPS) is 15.8. The fraction of sp³-hybridized carbons (Fsp3) is 0.368. The van der Waals surface area contributed by atoms with Gasteiger partial charge in [0.25, 0.3) is 0 Å². The molecule has 0 amide bonds. The van der Waals surface area contributed by atoms with Gasteiger partial charge in [-0.25, -0.2) is 19.9 Å². The summed E-state index contributed by atoms with van der Waals surface area (Å²) in [5.74, 6) is -0.859. The molecule has 3 N–H and O–H groups in total. The number of nitrogens with two attached hydrogens (primary N) is 1. The summed E-state index contributed by atoms with van der Waals surface area (Å²) in [4.78, 5) is 14.9. The van der Waals surface area contributed by atoms with E-state index in [2.05, 4.69) is 25.3 Å². The molecule has 0 aliphatic carbocycles. The molecule has 32 heavy (non-hydrogen) atoms. The van der Waals surface area contributed by atoms with Crippen molar-refractivity contribution in [3.8, 4) is 17.1 Å². The highest BCUT2D eigenvalue weighted by atomic mass is 19.4. The van der Waals surface area contributed by atoms with E-state index < -0.39 is 35.2 Å². The maximum atomic E-state index is 14.1. The Morgan fingerprint density at radius 1 is 1.00 bits per heavy atom. The lowest BCUT2D eigenvalue weighted by atomic mass is 9.90. The number of rotatable bonds is 3. The summed E-state index contributed by atoms with van der Waals surface area (Å²) in [5.41, 5.74) is 1.98. The van der Waals surface area contributed by atoms with Crippen molar-refractivity contribution in [2.45, 2.75) is 31.1 Å². The SMILES string of the molecule is Nc1nc(-c2cn(-c3cccnc3C(F)(F)F)cn2)c(C(F)(F)F)c(C2CCNCC2)n1. The summed E-state index contributed by atoms with van der Waals surface area (Å²) in [5, 5.41) is 3.07. The number of hydrogen-bond donors (Lipinski definition) is 2. The van der Waals surface area contributed by atoms with Gasteiger partial charge in [0.2, 0.25) is 5.95 Å². The number of imidazole rings is 1. The molecule has 0 atom stereocenters. The van der Waals surface area contributed by atoms with Crippen molar-refractivity contribution < 1.29 is 26.3 Å². The molecule has 1 fully saturated rings. The Labute approximate surface area is 177 Å². The van der Waals surface area contributed by atoms with E-state index in [0.717, 1.165) is 29.4 Å². The first-order valence-corrected chi connectivity index (χ1v) is 9.58. The van der Waals surface area contributed by atoms with Gasteiger partial charge in [-0.3, -0.25) is 0 Å². The average Bonchev–Trinajstić information content (AvgIpc) is 3.22. The van der Waals surface area contributed by atoms with Gasteiger partial charge in [-0.2, -0.15) is 26.3 Å². The molecule has 170 valence electrons. The molecule has 0 radical (unpaired) electrons. The summed E-state index contributed by atoms with van der Waals surface area (Å²) >= 11 is 0. The lowest BCUT2D eigenvalue weighted by molar-refractivity contribution is -0.141. The van der Waals surface area contributed by atoms with Gasteiger partial charge in [-0.05, 0) is 38.1 Å². The molecule has 3 aromatic rings. The highest BCUT2D eigenvalue weighted by molar-refractivity contribution is 5.63. The van der Waals surface area contributed by atoms with E-state index in [-0.39, 0.29) is 23.0 Å². The van der Waals surface area contributed by atoms with E-state index in [9.17, 15) is 26.3 Å². The Hall–Kier alpha value is -3.22. The van der Waals surface area contributed by atoms with Gasteiger partial charge in [-0.15, -0.1) is 0 Å². The zero-order valence-electron chi connectivity index (χ0n) is 16.4. The van der Waals surface area contributed by atoms with Crippen molar-refractivity contribution in [1.29, 1.82) is 0 Å². The monoisotopic (exact) mass is 457 g/mol. The average molecular weight is 457 g/mol. The third-order valence-corrected chi connectivity index (χ3v) is 5.12. The smallest absolute Gasteiger partial charge is 0.368 e. The predicted octanol–water partition coefficient (Wildman–Crippen LogP) is 3.81. The Bertz CT molecular complexity index is 1120. The number of pyridine rings is 1. The summed E-state index contributed by atoms with van der Waals surface area (Å²) in [6.07, 6.45) is -5.74. The summed E-state index contributed by atoms with van der Waals surface area (Å²) in [6, 6.07) is 2.42. The second-order valence-corrected chi connectivity index (χ2v) is 7.25. The Kier molecular flexibility index (Phi) is 5.53. The van der Waals surface area contributed by atoms with Crippen LogP contribution in [-0.2, 0) is 12.4 Å². The second-order valence-electron chi connectivity index (χ2n) is 7.25. The molecule has 1 aliphatic heterocycles. The number of alkyl halides is 6. The van der Waals surface area contributed by atoms with Crippen molar-refractivity contribution >= 4 is 5.95 Å². The standard InChI is InChI=1S/C19H17F6N7/c20-18(21,22)13-14(10-3-6-27-7-4-10)30-17(26)31-15(13)11-8-32(9-29-11)12-2-1-5-28-16(12)19(23,24)25/h1-2,5,8-10,27H,3-4,6-7H2,(H2,26,30,31). The Balaban J connectivity index is 1.86. The van der Waals surface area contributed by atoms with Gasteiger partial charge in [0.15, 0.2) is 5.69 Å². The van der Waals surface area contributed by atoms with Crippen LogP contribution in [0.15, 0.2) is 30.9 Å². The highest BCUT2D eigenvalue weighted by Gasteiger charge is 2.41. The van der Waals surface area contributed by atoms with Gasteiger partial charge < -0.3 is 15.6 Å². The van der Waals surface area contributed by atoms with E-state index >= 15 is 0 Å². The van der Waals surface area contributed by atoms with Crippen molar-refractivity contribution in [2.24, 2.45) is 0 Å². The van der Waals surface area contributed by atoms with Crippen LogP contribution < -0.4 is 11.1 Å². The number of nitrogens with one attached hydrogen (secondary N) is 1. The number of aromatic nitrogens is 5. The maximum absolute atomic E-state index is 14.1. The zero-order chi connectivity index (χ0) is 23.1. The van der Waals surface area contributed by atoms with Crippen LogP contribution >= 0.6 is 0 Å². The number of halogens is 6. The van der Waals surface area contributed by atoms with Crippen LogP contribution in [0, 0.1) is 0 Å². The third kappa shape index (κ3) is 4.24. The van der Waals surface area contributed by atoms with Gasteiger partial charge in [0.05, 0.1) is 11.4 Å². The van der Waals surface area contributed by atoms with Crippen molar-refractivity contribution in [3.63, 3.8) is 0 Å². The number of nitrogens with zero attached hydrogens (tertiary/aromatic N) is 5. The van der Waals surface area contributed by atoms with E-state index in [0.29, 0.717) is 25.9 Å². The first-order chi connectivity index (χ1) is 15.1. The van der Waals surface area contributed by atoms with E-state index in [1.165, 1.54) is 6.07 Å². The zero-order valence-corrected chi connectivity index (χ0v) is 16.4. The van der Waals surface area contributed by atoms with Crippen molar-refractivity contribution in [1.82, 2.24) is 29.8 Å². The van der Waals surface area contributed by atoms with Crippen LogP contribution in [-0.4, -0.2) is 37.6 Å². The largest absolute Gasteiger partial charge is 0.435 e. The minimum Gasteiger partial charge on any atom is -0.368 e. The lowest BCUT2D eigenvalue weighted by Gasteiger charge is -2.25. The molecule has 0 saturated carbocycles. The number of piperidine rings is 1. The van der Waals surface area contributed by atoms with Crippen LogP contribution in [0.3, 0.4) is 0 Å². The summed E-state index contributed by atoms with van der Waals surface area (Å²) in [7, 11) is 0. The van der Waals surface area contributed by atoms with Crippen LogP contribution in [0.5, 0.6) is 0 Å². The van der Waals surface area contributed by atoms with Crippen molar-refractivity contribution in [2.75, 3.05) is 18.8 Å². The Morgan fingerprint density at radius 2 is 1.72 bits per heavy atom. The molecule has 7 nitrogen and oxygen atoms in total. The van der Waals surface area contributed by atoms with Crippen LogP contribution in [0.25, 0.3) is 17.1 Å². The molecule has 1 saturated heterocycles. The molecule has 0 spiro atoms. The van der Waals surface area contributed by atoms with E-state index in [1.54, 1.807) is 0 Å². The molecule has 4 heterocycles. The molecule has 1 aliphatic rings. The van der Waals surface area contributed by atoms with Crippen LogP contribution in [0.4, 0.5) is 32.3 Å². The maximum Gasteiger partial charge on any atom is 0.435 e. The highest BCUT2D eigenvalue weighted by Crippen LogP contribution is 2.42. The molecule has 0 unspecified atom stereocenters. The topological polar surface area (TPSA) is 94.5 Å². The minimum absolute atomic E-state index is 0.228. The minimum atomic E-state index is -4.82. The fourth-order valence-corrected chi connectivity index (χ4v) is 3.75. The molecule has 13 heteroatoms. The quantitative estimate of drug-likeness (QED) is 0.581. The molecule has 0 bridgehead atoms.